The van der Waals surface area contributed by atoms with Gasteiger partial charge in [0.2, 0.25) is 0 Å². The Kier molecular flexibility index (Phi) is 4.89. The van der Waals surface area contributed by atoms with Crippen LogP contribution in [0.3, 0.4) is 0 Å². The number of hydrogen-bond acceptors (Lipinski definition) is 1. The van der Waals surface area contributed by atoms with Gasteiger partial charge in [-0.25, -0.2) is 8.78 Å². The Hall–Kier alpha value is -0.600. The Balaban J connectivity index is 3.22. The molecule has 1 N–H and O–H groups in total. The number of halogens is 2. The van der Waals surface area contributed by atoms with E-state index in [0.717, 1.165) is 12.8 Å². The van der Waals surface area contributed by atoms with Gasteiger partial charge in [0.15, 0.2) is 0 Å². The van der Waals surface area contributed by atoms with Crippen LogP contribution >= 0.6 is 0 Å². The third kappa shape index (κ3) is 5.54. The van der Waals surface area contributed by atoms with E-state index < -0.39 is 6.43 Å². The highest BCUT2D eigenvalue weighted by molar-refractivity contribution is 4.90. The van der Waals surface area contributed by atoms with Crippen molar-refractivity contribution in [1.29, 1.82) is 0 Å². The van der Waals surface area contributed by atoms with Crippen LogP contribution < -0.4 is 5.32 Å². The molecule has 0 aliphatic carbocycles. The topological polar surface area (TPSA) is 12.0 Å². The molecule has 0 aromatic heterocycles. The molecule has 60 valence electrons. The highest BCUT2D eigenvalue weighted by Gasteiger charge is 2.00. The second-order valence-corrected chi connectivity index (χ2v) is 2.13. The molecular formula is C7H13F2N. The van der Waals surface area contributed by atoms with Crippen LogP contribution in [0.1, 0.15) is 19.8 Å². The van der Waals surface area contributed by atoms with Crippen molar-refractivity contribution in [3.8, 4) is 0 Å². The number of hydrogen-bond donors (Lipinski definition) is 1. The van der Waals surface area contributed by atoms with Crippen molar-refractivity contribution in [2.24, 2.45) is 0 Å². The van der Waals surface area contributed by atoms with Crippen molar-refractivity contribution in [1.82, 2.24) is 5.32 Å². The summed E-state index contributed by atoms with van der Waals surface area (Å²) in [7, 11) is 0. The average Bonchev–Trinajstić information content (AvgIpc) is 1.85. The van der Waals surface area contributed by atoms with Crippen LogP contribution in [-0.4, -0.2) is 13.0 Å². The van der Waals surface area contributed by atoms with Crippen molar-refractivity contribution >= 4 is 0 Å². The lowest BCUT2D eigenvalue weighted by molar-refractivity contribution is 0.149. The molecule has 10 heavy (non-hydrogen) atoms. The maximum Gasteiger partial charge on any atom is 0.255 e. The molecule has 0 aliphatic heterocycles. The minimum absolute atomic E-state index is 0.279. The first-order valence-electron chi connectivity index (χ1n) is 3.36. The number of alkyl halides is 2. The van der Waals surface area contributed by atoms with Gasteiger partial charge < -0.3 is 5.32 Å². The molecule has 3 heteroatoms. The molecule has 0 rings (SSSR count). The summed E-state index contributed by atoms with van der Waals surface area (Å²) in [5, 5.41) is 2.54. The minimum Gasteiger partial charge on any atom is -0.383 e. The molecular weight excluding hydrogens is 136 g/mol. The molecule has 0 bridgehead atoms. The van der Waals surface area contributed by atoms with Crippen molar-refractivity contribution in [3.63, 3.8) is 0 Å². The minimum atomic E-state index is -2.28. The fourth-order valence-corrected chi connectivity index (χ4v) is 0.612. The lowest BCUT2D eigenvalue weighted by Gasteiger charge is -2.06. The lowest BCUT2D eigenvalue weighted by Crippen LogP contribution is -2.19. The van der Waals surface area contributed by atoms with Gasteiger partial charge in [0.05, 0.1) is 6.54 Å². The maximum atomic E-state index is 11.5. The number of allylic oxidation sites excluding steroid dienone is 1. The fraction of sp³-hybridized carbons (Fsp3) is 0.714. The van der Waals surface area contributed by atoms with Gasteiger partial charge in [-0.1, -0.05) is 19.9 Å². The average molecular weight is 149 g/mol. The smallest absolute Gasteiger partial charge is 0.255 e. The zero-order valence-corrected chi connectivity index (χ0v) is 6.16. The van der Waals surface area contributed by atoms with Gasteiger partial charge in [-0.05, 0) is 6.42 Å². The van der Waals surface area contributed by atoms with Crippen LogP contribution in [0.25, 0.3) is 0 Å². The van der Waals surface area contributed by atoms with Crippen LogP contribution in [0.2, 0.25) is 0 Å². The summed E-state index contributed by atoms with van der Waals surface area (Å²) in [6.45, 7) is 5.27. The maximum absolute atomic E-state index is 11.5. The molecule has 0 atom stereocenters. The van der Waals surface area contributed by atoms with E-state index in [-0.39, 0.29) is 6.54 Å². The molecule has 0 radical (unpaired) electrons. The van der Waals surface area contributed by atoms with Crippen molar-refractivity contribution < 1.29 is 8.78 Å². The first-order chi connectivity index (χ1) is 4.66. The highest BCUT2D eigenvalue weighted by Crippen LogP contribution is 1.98. The Bertz CT molecular complexity index is 102. The van der Waals surface area contributed by atoms with E-state index in [1.165, 1.54) is 0 Å². The fourth-order valence-electron chi connectivity index (χ4n) is 0.612. The van der Waals surface area contributed by atoms with Crippen molar-refractivity contribution in [2.75, 3.05) is 6.54 Å². The Morgan fingerprint density at radius 2 is 2.20 bits per heavy atom. The summed E-state index contributed by atoms with van der Waals surface area (Å²) < 4.78 is 23.1. The molecule has 0 saturated heterocycles. The molecule has 0 saturated carbocycles. The second-order valence-electron chi connectivity index (χ2n) is 2.13. The largest absolute Gasteiger partial charge is 0.383 e. The molecule has 0 heterocycles. The molecule has 0 spiro atoms. The Morgan fingerprint density at radius 1 is 1.60 bits per heavy atom. The summed E-state index contributed by atoms with van der Waals surface area (Å²) in [6.07, 6.45) is -0.574. The van der Waals surface area contributed by atoms with Gasteiger partial charge in [-0.15, -0.1) is 0 Å². The summed E-state index contributed by atoms with van der Waals surface area (Å²) in [4.78, 5) is 0. The summed E-state index contributed by atoms with van der Waals surface area (Å²) in [6, 6.07) is 0. The van der Waals surface area contributed by atoms with Gasteiger partial charge in [0, 0.05) is 5.70 Å². The molecule has 0 aromatic rings. The van der Waals surface area contributed by atoms with Crippen LogP contribution in [-0.2, 0) is 0 Å². The first kappa shape index (κ1) is 9.40. The summed E-state index contributed by atoms with van der Waals surface area (Å²) in [5.74, 6) is 0. The third-order valence-corrected chi connectivity index (χ3v) is 1.06. The van der Waals surface area contributed by atoms with Crippen LogP contribution in [0.4, 0.5) is 8.78 Å². The van der Waals surface area contributed by atoms with Gasteiger partial charge in [0.25, 0.3) is 6.43 Å². The number of nitrogens with one attached hydrogen (secondary N) is 1. The predicted molar refractivity (Wildman–Crippen MR) is 38.1 cm³/mol. The first-order valence-corrected chi connectivity index (χ1v) is 3.36. The van der Waals surface area contributed by atoms with E-state index in [1.807, 2.05) is 6.92 Å². The molecule has 0 aliphatic rings. The quantitative estimate of drug-likeness (QED) is 0.631. The summed E-state index contributed by atoms with van der Waals surface area (Å²) >= 11 is 0. The normalized spacial score (nSPS) is 10.0. The van der Waals surface area contributed by atoms with Gasteiger partial charge >= 0.3 is 0 Å². The highest BCUT2D eigenvalue weighted by atomic mass is 19.3. The standard InChI is InChI=1S/C7H13F2N/c1-3-4-6(2)10-5-7(8)9/h7,10H,2-5H2,1H3. The predicted octanol–water partition coefficient (Wildman–Crippen LogP) is 2.15. The second kappa shape index (κ2) is 5.21. The number of rotatable bonds is 5. The van der Waals surface area contributed by atoms with E-state index in [1.54, 1.807) is 0 Å². The van der Waals surface area contributed by atoms with E-state index in [9.17, 15) is 8.78 Å². The van der Waals surface area contributed by atoms with E-state index in [0.29, 0.717) is 5.70 Å². The van der Waals surface area contributed by atoms with Crippen LogP contribution in [0.15, 0.2) is 12.3 Å². The monoisotopic (exact) mass is 149 g/mol. The molecule has 0 amide bonds. The van der Waals surface area contributed by atoms with Crippen molar-refractivity contribution in [3.05, 3.63) is 12.3 Å². The van der Waals surface area contributed by atoms with E-state index in [4.69, 9.17) is 0 Å². The Morgan fingerprint density at radius 3 is 2.60 bits per heavy atom. The van der Waals surface area contributed by atoms with E-state index >= 15 is 0 Å². The molecule has 0 unspecified atom stereocenters. The van der Waals surface area contributed by atoms with Crippen molar-refractivity contribution in [2.45, 2.75) is 26.2 Å². The Labute approximate surface area is 60.1 Å². The van der Waals surface area contributed by atoms with E-state index in [2.05, 4.69) is 11.9 Å². The van der Waals surface area contributed by atoms with Gasteiger partial charge in [0.1, 0.15) is 0 Å². The SMILES string of the molecule is C=C(CCC)NCC(F)F. The third-order valence-electron chi connectivity index (χ3n) is 1.06. The molecule has 0 aromatic carbocycles. The lowest BCUT2D eigenvalue weighted by atomic mass is 10.3. The van der Waals surface area contributed by atoms with Gasteiger partial charge in [-0.2, -0.15) is 0 Å². The van der Waals surface area contributed by atoms with Crippen LogP contribution in [0.5, 0.6) is 0 Å². The molecule has 0 fully saturated rings. The molecule has 1 nitrogen and oxygen atoms in total. The zero-order valence-electron chi connectivity index (χ0n) is 6.16. The van der Waals surface area contributed by atoms with Crippen LogP contribution in [0, 0.1) is 0 Å². The van der Waals surface area contributed by atoms with Gasteiger partial charge in [-0.3, -0.25) is 0 Å². The zero-order chi connectivity index (χ0) is 7.98. The summed E-state index contributed by atoms with van der Waals surface area (Å²) in [5.41, 5.74) is 0.697.